The molecule has 1 aliphatic heterocycles. The van der Waals surface area contributed by atoms with E-state index < -0.39 is 10.0 Å². The van der Waals surface area contributed by atoms with Crippen molar-refractivity contribution in [2.45, 2.75) is 4.90 Å². The van der Waals surface area contributed by atoms with Crippen LogP contribution in [0.15, 0.2) is 17.0 Å². The quantitative estimate of drug-likeness (QED) is 0.860. The molecule has 1 heterocycles. The summed E-state index contributed by atoms with van der Waals surface area (Å²) in [5, 5.41) is 1.77. The second kappa shape index (κ2) is 6.80. The maximum atomic E-state index is 12.5. The molecule has 7 nitrogen and oxygen atoms in total. The number of ether oxygens (including phenoxy) is 3. The number of morpholine rings is 1. The van der Waals surface area contributed by atoms with Crippen LogP contribution >= 0.6 is 11.6 Å². The number of hydrogen-bond acceptors (Lipinski definition) is 6. The van der Waals surface area contributed by atoms with Crippen molar-refractivity contribution in [1.82, 2.24) is 9.84 Å². The van der Waals surface area contributed by atoms with Gasteiger partial charge in [0.15, 0.2) is 0 Å². The molecule has 0 atom stereocenters. The lowest BCUT2D eigenvalue weighted by atomic mass is 10.3. The van der Waals surface area contributed by atoms with Gasteiger partial charge in [0.05, 0.1) is 32.5 Å². The number of hydrazine groups is 1. The third-order valence-corrected chi connectivity index (χ3v) is 4.68. The molecule has 0 unspecified atom stereocenters. The maximum Gasteiger partial charge on any atom is 0.257 e. The third-order valence-electron chi connectivity index (χ3n) is 2.99. The minimum absolute atomic E-state index is 0.0395. The van der Waals surface area contributed by atoms with Crippen LogP contribution in [0.2, 0.25) is 5.02 Å². The fourth-order valence-electron chi connectivity index (χ4n) is 1.92. The summed E-state index contributed by atoms with van der Waals surface area (Å²) in [5.41, 5.74) is 0. The predicted octanol–water partition coefficient (Wildman–Crippen LogP) is 0.883. The number of hydrogen-bond donors (Lipinski definition) is 1. The van der Waals surface area contributed by atoms with E-state index in [4.69, 9.17) is 25.8 Å². The molecule has 9 heteroatoms. The first kappa shape index (κ1) is 16.3. The normalized spacial score (nSPS) is 16.7. The van der Waals surface area contributed by atoms with E-state index in [2.05, 4.69) is 4.83 Å². The Morgan fingerprint density at radius 3 is 2.38 bits per heavy atom. The molecule has 0 bridgehead atoms. The summed E-state index contributed by atoms with van der Waals surface area (Å²) < 4.78 is 40.3. The highest BCUT2D eigenvalue weighted by Gasteiger charge is 2.25. The Hall–Kier alpha value is -1.06. The van der Waals surface area contributed by atoms with E-state index in [0.29, 0.717) is 32.1 Å². The standard InChI is InChI=1S/C12H17ClN2O5S/c1-18-10-8-11(19-2)12(7-9(10)13)21(16,17)14-15-3-5-20-6-4-15/h7-8,14H,3-6H2,1-2H3. The first-order chi connectivity index (χ1) is 9.97. The highest BCUT2D eigenvalue weighted by atomic mass is 35.5. The second-order valence-corrected chi connectivity index (χ2v) is 6.37. The summed E-state index contributed by atoms with van der Waals surface area (Å²) in [5.74, 6) is 0.510. The minimum atomic E-state index is -3.79. The van der Waals surface area contributed by atoms with Gasteiger partial charge in [-0.05, 0) is 6.07 Å². The number of rotatable bonds is 5. The SMILES string of the molecule is COc1cc(OC)c(S(=O)(=O)NN2CCOCC2)cc1Cl. The second-order valence-electron chi connectivity index (χ2n) is 4.33. The van der Waals surface area contributed by atoms with Gasteiger partial charge in [-0.3, -0.25) is 0 Å². The van der Waals surface area contributed by atoms with Crippen molar-refractivity contribution in [3.05, 3.63) is 17.2 Å². The summed E-state index contributed by atoms with van der Waals surface area (Å²) in [6.45, 7) is 1.91. The number of sulfonamides is 1. The van der Waals surface area contributed by atoms with Crippen molar-refractivity contribution in [2.75, 3.05) is 40.5 Å². The smallest absolute Gasteiger partial charge is 0.257 e. The van der Waals surface area contributed by atoms with E-state index in [1.54, 1.807) is 5.01 Å². The highest BCUT2D eigenvalue weighted by Crippen LogP contribution is 2.35. The van der Waals surface area contributed by atoms with Crippen LogP contribution in [0.25, 0.3) is 0 Å². The number of halogens is 1. The van der Waals surface area contributed by atoms with Gasteiger partial charge in [-0.1, -0.05) is 11.6 Å². The van der Waals surface area contributed by atoms with E-state index in [1.807, 2.05) is 0 Å². The molecule has 1 fully saturated rings. The van der Waals surface area contributed by atoms with Crippen molar-refractivity contribution >= 4 is 21.6 Å². The number of methoxy groups -OCH3 is 2. The molecule has 118 valence electrons. The number of nitrogens with zero attached hydrogens (tertiary/aromatic N) is 1. The molecule has 0 radical (unpaired) electrons. The molecule has 1 aromatic rings. The Bertz CT molecular complexity index is 602. The lowest BCUT2D eigenvalue weighted by Gasteiger charge is -2.27. The predicted molar refractivity (Wildman–Crippen MR) is 77.3 cm³/mol. The van der Waals surface area contributed by atoms with E-state index >= 15 is 0 Å². The molecule has 1 saturated heterocycles. The van der Waals surface area contributed by atoms with Crippen molar-refractivity contribution < 1.29 is 22.6 Å². The van der Waals surface area contributed by atoms with Gasteiger partial charge in [0.1, 0.15) is 16.4 Å². The van der Waals surface area contributed by atoms with E-state index in [1.165, 1.54) is 26.4 Å². The summed E-state index contributed by atoms with van der Waals surface area (Å²) in [4.78, 5) is 2.46. The zero-order valence-electron chi connectivity index (χ0n) is 11.8. The van der Waals surface area contributed by atoms with Crippen LogP contribution in [0.5, 0.6) is 11.5 Å². The van der Waals surface area contributed by atoms with Crippen LogP contribution in [0, 0.1) is 0 Å². The summed E-state index contributed by atoms with van der Waals surface area (Å²) in [7, 11) is -0.964. The van der Waals surface area contributed by atoms with Crippen molar-refractivity contribution in [1.29, 1.82) is 0 Å². The first-order valence-corrected chi connectivity index (χ1v) is 8.10. The molecule has 1 aliphatic rings. The van der Waals surface area contributed by atoms with Crippen LogP contribution in [-0.2, 0) is 14.8 Å². The maximum absolute atomic E-state index is 12.5. The van der Waals surface area contributed by atoms with Gasteiger partial charge in [-0.15, -0.1) is 4.83 Å². The largest absolute Gasteiger partial charge is 0.495 e. The molecule has 0 aliphatic carbocycles. The van der Waals surface area contributed by atoms with Gasteiger partial charge < -0.3 is 14.2 Å². The highest BCUT2D eigenvalue weighted by molar-refractivity contribution is 7.89. The fraction of sp³-hybridized carbons (Fsp3) is 0.500. The Kier molecular flexibility index (Phi) is 5.28. The molecule has 21 heavy (non-hydrogen) atoms. The molecule has 0 amide bonds. The van der Waals surface area contributed by atoms with Crippen LogP contribution in [0.3, 0.4) is 0 Å². The summed E-state index contributed by atoms with van der Waals surface area (Å²) >= 11 is 6.00. The molecule has 2 rings (SSSR count). The summed E-state index contributed by atoms with van der Waals surface area (Å²) in [6.07, 6.45) is 0. The third kappa shape index (κ3) is 3.78. The molecule has 1 N–H and O–H groups in total. The average Bonchev–Trinajstić information content (AvgIpc) is 2.47. The number of benzene rings is 1. The topological polar surface area (TPSA) is 77.1 Å². The van der Waals surface area contributed by atoms with Crippen LogP contribution in [0.4, 0.5) is 0 Å². The first-order valence-electron chi connectivity index (χ1n) is 6.24. The van der Waals surface area contributed by atoms with Crippen molar-refractivity contribution in [3.63, 3.8) is 0 Å². The molecule has 1 aromatic carbocycles. The molecule has 0 saturated carbocycles. The van der Waals surface area contributed by atoms with Gasteiger partial charge in [0, 0.05) is 19.2 Å². The van der Waals surface area contributed by atoms with Crippen LogP contribution in [-0.4, -0.2) is 53.9 Å². The lowest BCUT2D eigenvalue weighted by molar-refractivity contribution is 0.0272. The zero-order valence-corrected chi connectivity index (χ0v) is 13.3. The van der Waals surface area contributed by atoms with Crippen LogP contribution in [0.1, 0.15) is 0 Å². The summed E-state index contributed by atoms with van der Waals surface area (Å²) in [6, 6.07) is 2.75. The molecular weight excluding hydrogens is 320 g/mol. The van der Waals surface area contributed by atoms with E-state index in [9.17, 15) is 8.42 Å². The van der Waals surface area contributed by atoms with Gasteiger partial charge in [0.25, 0.3) is 10.0 Å². The van der Waals surface area contributed by atoms with E-state index in [0.717, 1.165) is 0 Å². The molecule has 0 aromatic heterocycles. The Balaban J connectivity index is 2.32. The molecular formula is C12H17ClN2O5S. The lowest BCUT2D eigenvalue weighted by Crippen LogP contribution is -2.48. The monoisotopic (exact) mass is 336 g/mol. The fourth-order valence-corrected chi connectivity index (χ4v) is 3.52. The zero-order chi connectivity index (χ0) is 15.5. The van der Waals surface area contributed by atoms with Crippen molar-refractivity contribution in [3.8, 4) is 11.5 Å². The van der Waals surface area contributed by atoms with Gasteiger partial charge in [-0.2, -0.15) is 0 Å². The van der Waals surface area contributed by atoms with Crippen LogP contribution < -0.4 is 14.3 Å². The van der Waals surface area contributed by atoms with Gasteiger partial charge >= 0.3 is 0 Å². The minimum Gasteiger partial charge on any atom is -0.495 e. The number of nitrogens with one attached hydrogen (secondary N) is 1. The Morgan fingerprint density at radius 2 is 1.81 bits per heavy atom. The Labute approximate surface area is 128 Å². The molecule has 0 spiro atoms. The van der Waals surface area contributed by atoms with E-state index in [-0.39, 0.29) is 15.7 Å². The van der Waals surface area contributed by atoms with Gasteiger partial charge in [0.2, 0.25) is 0 Å². The average molecular weight is 337 g/mol. The Morgan fingerprint density at radius 1 is 1.19 bits per heavy atom. The van der Waals surface area contributed by atoms with Crippen molar-refractivity contribution in [2.24, 2.45) is 0 Å². The van der Waals surface area contributed by atoms with Gasteiger partial charge in [-0.25, -0.2) is 13.4 Å².